The van der Waals surface area contributed by atoms with Gasteiger partial charge < -0.3 is 5.32 Å². The van der Waals surface area contributed by atoms with Crippen LogP contribution in [0, 0.1) is 10.1 Å². The fourth-order valence-electron chi connectivity index (χ4n) is 4.75. The molecule has 1 radical (unpaired) electrons. The Morgan fingerprint density at radius 2 is 1.64 bits per heavy atom. The fraction of sp³-hybridized carbons (Fsp3) is 0.684. The standard InChI is InChI=1S/C19H28N5O4/c1-5-18(6-2)11-13(12-19(7-3,8-4)24(18)27)20-14-9-10-15(23(25)26)17-16(14)21-28-22-17/h9-10,13,20H,5-8,11-12H2,1-4H3. The molecule has 1 aromatic heterocycles. The van der Waals surface area contributed by atoms with Crippen LogP contribution in [0.15, 0.2) is 16.8 Å². The number of nitrogens with one attached hydrogen (secondary N) is 1. The van der Waals surface area contributed by atoms with Gasteiger partial charge in [0.2, 0.25) is 5.52 Å². The molecule has 1 aliphatic heterocycles. The molecule has 0 aliphatic carbocycles. The second-order valence-electron chi connectivity index (χ2n) is 7.76. The van der Waals surface area contributed by atoms with Gasteiger partial charge in [0.15, 0.2) is 5.52 Å². The third-order valence-electron chi connectivity index (χ3n) is 6.70. The van der Waals surface area contributed by atoms with E-state index in [0.29, 0.717) is 24.0 Å². The highest BCUT2D eigenvalue weighted by Gasteiger charge is 2.52. The second kappa shape index (κ2) is 7.63. The summed E-state index contributed by atoms with van der Waals surface area (Å²) in [5, 5.41) is 37.0. The van der Waals surface area contributed by atoms with E-state index in [2.05, 4.69) is 43.3 Å². The van der Waals surface area contributed by atoms with Gasteiger partial charge in [0.1, 0.15) is 0 Å². The highest BCUT2D eigenvalue weighted by atomic mass is 16.6. The average molecular weight is 390 g/mol. The summed E-state index contributed by atoms with van der Waals surface area (Å²) >= 11 is 0. The van der Waals surface area contributed by atoms with Crippen LogP contribution in [0.3, 0.4) is 0 Å². The van der Waals surface area contributed by atoms with Gasteiger partial charge in [-0.3, -0.25) is 10.1 Å². The molecule has 153 valence electrons. The summed E-state index contributed by atoms with van der Waals surface area (Å²) in [7, 11) is 0. The Morgan fingerprint density at radius 3 is 2.14 bits per heavy atom. The zero-order valence-electron chi connectivity index (χ0n) is 16.9. The molecule has 0 spiro atoms. The molecule has 3 rings (SSSR count). The summed E-state index contributed by atoms with van der Waals surface area (Å²) in [6, 6.07) is 3.11. The van der Waals surface area contributed by atoms with Crippen LogP contribution in [0.4, 0.5) is 11.4 Å². The van der Waals surface area contributed by atoms with Crippen molar-refractivity contribution in [1.29, 1.82) is 0 Å². The van der Waals surface area contributed by atoms with Gasteiger partial charge >= 0.3 is 5.69 Å². The van der Waals surface area contributed by atoms with Crippen molar-refractivity contribution in [2.45, 2.75) is 83.3 Å². The van der Waals surface area contributed by atoms with E-state index >= 15 is 0 Å². The van der Waals surface area contributed by atoms with E-state index < -0.39 is 16.0 Å². The van der Waals surface area contributed by atoms with Gasteiger partial charge in [0.25, 0.3) is 0 Å². The van der Waals surface area contributed by atoms with E-state index in [1.807, 2.05) is 0 Å². The lowest BCUT2D eigenvalue weighted by molar-refractivity contribution is -0.383. The number of hydrogen-bond acceptors (Lipinski definition) is 7. The van der Waals surface area contributed by atoms with Gasteiger partial charge in [0.05, 0.1) is 21.7 Å². The van der Waals surface area contributed by atoms with Crippen LogP contribution in [0.5, 0.6) is 0 Å². The Hall–Kier alpha value is -2.26. The highest BCUT2D eigenvalue weighted by Crippen LogP contribution is 2.46. The number of hydroxylamine groups is 2. The second-order valence-corrected chi connectivity index (χ2v) is 7.76. The lowest BCUT2D eigenvalue weighted by atomic mass is 9.71. The molecule has 1 fully saturated rings. The Labute approximate surface area is 164 Å². The van der Waals surface area contributed by atoms with Crippen molar-refractivity contribution < 1.29 is 14.8 Å². The van der Waals surface area contributed by atoms with E-state index in [4.69, 9.17) is 4.63 Å². The number of aromatic nitrogens is 2. The predicted molar refractivity (Wildman–Crippen MR) is 104 cm³/mol. The largest absolute Gasteiger partial charge is 0.380 e. The van der Waals surface area contributed by atoms with E-state index in [9.17, 15) is 15.3 Å². The first-order valence-corrected chi connectivity index (χ1v) is 10.00. The normalized spacial score (nSPS) is 19.8. The van der Waals surface area contributed by atoms with Crippen molar-refractivity contribution in [2.75, 3.05) is 5.32 Å². The molecule has 1 aliphatic rings. The number of nitrogens with zero attached hydrogens (tertiary/aromatic N) is 4. The van der Waals surface area contributed by atoms with Gasteiger partial charge in [0, 0.05) is 12.1 Å². The van der Waals surface area contributed by atoms with E-state index in [0.717, 1.165) is 25.7 Å². The van der Waals surface area contributed by atoms with Gasteiger partial charge in [-0.05, 0) is 54.9 Å². The van der Waals surface area contributed by atoms with Crippen LogP contribution >= 0.6 is 0 Å². The third kappa shape index (κ3) is 3.12. The minimum atomic E-state index is -0.495. The van der Waals surface area contributed by atoms with Crippen LogP contribution in [-0.4, -0.2) is 37.4 Å². The summed E-state index contributed by atoms with van der Waals surface area (Å²) in [6.45, 7) is 8.27. The van der Waals surface area contributed by atoms with Crippen molar-refractivity contribution >= 4 is 22.4 Å². The monoisotopic (exact) mass is 390 g/mol. The predicted octanol–water partition coefficient (Wildman–Crippen LogP) is 4.47. The zero-order chi connectivity index (χ0) is 20.5. The van der Waals surface area contributed by atoms with Crippen LogP contribution in [0.1, 0.15) is 66.2 Å². The number of hydrogen-bond donors (Lipinski definition) is 1. The molecule has 0 saturated carbocycles. The van der Waals surface area contributed by atoms with Crippen LogP contribution in [-0.2, 0) is 5.21 Å². The van der Waals surface area contributed by atoms with Crippen molar-refractivity contribution in [3.8, 4) is 0 Å². The smallest absolute Gasteiger partial charge is 0.300 e. The van der Waals surface area contributed by atoms with Crippen molar-refractivity contribution in [3.63, 3.8) is 0 Å². The van der Waals surface area contributed by atoms with E-state index in [1.165, 1.54) is 11.1 Å². The molecule has 0 bridgehead atoms. The fourth-order valence-corrected chi connectivity index (χ4v) is 4.75. The van der Waals surface area contributed by atoms with Crippen LogP contribution in [0.25, 0.3) is 11.0 Å². The summed E-state index contributed by atoms with van der Waals surface area (Å²) in [6.07, 6.45) is 4.49. The number of non-ortho nitro benzene ring substituents is 1. The molecule has 9 heteroatoms. The first-order chi connectivity index (χ1) is 13.4. The van der Waals surface area contributed by atoms with E-state index in [1.54, 1.807) is 6.07 Å². The molecule has 2 aromatic rings. The number of nitro groups is 1. The molecule has 0 amide bonds. The molecular formula is C19H28N5O4. The molecule has 1 aromatic carbocycles. The first-order valence-electron chi connectivity index (χ1n) is 10.00. The minimum Gasteiger partial charge on any atom is -0.380 e. The third-order valence-corrected chi connectivity index (χ3v) is 6.70. The number of piperidine rings is 1. The quantitative estimate of drug-likeness (QED) is 0.547. The maximum atomic E-state index is 13.4. The summed E-state index contributed by atoms with van der Waals surface area (Å²) in [4.78, 5) is 10.7. The number of rotatable bonds is 7. The molecule has 1 N–H and O–H groups in total. The highest BCUT2D eigenvalue weighted by molar-refractivity contribution is 5.93. The first kappa shape index (κ1) is 20.5. The molecular weight excluding hydrogens is 362 g/mol. The number of fused-ring (bicyclic) bond motifs is 1. The zero-order valence-corrected chi connectivity index (χ0v) is 16.9. The van der Waals surface area contributed by atoms with Crippen LogP contribution in [0.2, 0.25) is 0 Å². The van der Waals surface area contributed by atoms with Gasteiger partial charge in [-0.15, -0.1) is 10.3 Å². The summed E-state index contributed by atoms with van der Waals surface area (Å²) < 4.78 is 4.77. The topological polar surface area (TPSA) is 117 Å². The maximum Gasteiger partial charge on any atom is 0.300 e. The molecule has 0 atom stereocenters. The molecule has 1 saturated heterocycles. The van der Waals surface area contributed by atoms with Crippen molar-refractivity contribution in [2.24, 2.45) is 0 Å². The Kier molecular flexibility index (Phi) is 5.58. The van der Waals surface area contributed by atoms with Crippen molar-refractivity contribution in [1.82, 2.24) is 15.4 Å². The maximum absolute atomic E-state index is 13.4. The summed E-state index contributed by atoms with van der Waals surface area (Å²) in [5.74, 6) is 0. The summed E-state index contributed by atoms with van der Waals surface area (Å²) in [5.41, 5.74) is 0.132. The van der Waals surface area contributed by atoms with E-state index in [-0.39, 0.29) is 17.2 Å². The van der Waals surface area contributed by atoms with Gasteiger partial charge in [-0.2, -0.15) is 0 Å². The lowest BCUT2D eigenvalue weighted by Crippen LogP contribution is -2.64. The average Bonchev–Trinajstić information content (AvgIpc) is 3.19. The van der Waals surface area contributed by atoms with Crippen molar-refractivity contribution in [3.05, 3.63) is 22.2 Å². The number of nitro benzene ring substituents is 1. The van der Waals surface area contributed by atoms with Crippen LogP contribution < -0.4 is 5.32 Å². The number of benzene rings is 1. The molecule has 2 heterocycles. The molecule has 28 heavy (non-hydrogen) atoms. The molecule has 9 nitrogen and oxygen atoms in total. The Bertz CT molecular complexity index is 822. The number of anilines is 1. The van der Waals surface area contributed by atoms with Gasteiger partial charge in [-0.25, -0.2) is 4.63 Å². The molecule has 0 unspecified atom stereocenters. The Morgan fingerprint density at radius 1 is 1.11 bits per heavy atom. The lowest BCUT2D eigenvalue weighted by Gasteiger charge is -2.55. The van der Waals surface area contributed by atoms with Gasteiger partial charge in [-0.1, -0.05) is 27.7 Å². The Balaban J connectivity index is 1.98. The SMILES string of the molecule is CCC1(CC)CC(Nc2ccc([N+](=O)[O-])c3nonc23)CC(CC)(CC)N1[O]. The minimum absolute atomic E-state index is 0.0476.